The van der Waals surface area contributed by atoms with Gasteiger partial charge >= 0.3 is 5.97 Å². The van der Waals surface area contributed by atoms with E-state index in [4.69, 9.17) is 5.11 Å². The molecule has 0 saturated heterocycles. The fourth-order valence-corrected chi connectivity index (χ4v) is 2.76. The number of rotatable bonds is 3. The first kappa shape index (κ1) is 13.5. The lowest BCUT2D eigenvalue weighted by molar-refractivity contribution is -0.143. The number of carbonyl (C=O) groups excluding carboxylic acids is 1. The molecule has 1 saturated carbocycles. The molecular weight excluding hydrogens is 272 g/mol. The zero-order chi connectivity index (χ0) is 14.8. The number of aliphatic carboxylic acids is 1. The van der Waals surface area contributed by atoms with Crippen LogP contribution in [0.15, 0.2) is 18.2 Å². The second kappa shape index (κ2) is 5.51. The van der Waals surface area contributed by atoms with Crippen molar-refractivity contribution in [2.75, 3.05) is 5.32 Å². The summed E-state index contributed by atoms with van der Waals surface area (Å²) in [4.78, 5) is 23.1. The molecule has 1 aromatic heterocycles. The SMILES string of the molecule is O=C(O)C1CCC(C(=O)Nc2ccc3n[nH]nc3c2)CC1. The van der Waals surface area contributed by atoms with Crippen molar-refractivity contribution in [3.8, 4) is 0 Å². The van der Waals surface area contributed by atoms with Crippen LogP contribution in [-0.2, 0) is 9.59 Å². The molecule has 1 amide bonds. The average Bonchev–Trinajstić information content (AvgIpc) is 2.95. The summed E-state index contributed by atoms with van der Waals surface area (Å²) in [5.74, 6) is -1.24. The topological polar surface area (TPSA) is 108 Å². The number of amides is 1. The Labute approximate surface area is 120 Å². The van der Waals surface area contributed by atoms with E-state index in [2.05, 4.69) is 20.7 Å². The molecule has 1 fully saturated rings. The molecule has 0 bridgehead atoms. The Balaban J connectivity index is 1.62. The van der Waals surface area contributed by atoms with Crippen LogP contribution >= 0.6 is 0 Å². The molecule has 0 spiro atoms. The van der Waals surface area contributed by atoms with Gasteiger partial charge in [0.15, 0.2) is 0 Å². The first-order valence-electron chi connectivity index (χ1n) is 6.97. The number of carboxylic acids is 1. The van der Waals surface area contributed by atoms with Crippen LogP contribution in [0.4, 0.5) is 5.69 Å². The number of nitrogens with zero attached hydrogens (tertiary/aromatic N) is 2. The Morgan fingerprint density at radius 1 is 1.10 bits per heavy atom. The Morgan fingerprint density at radius 3 is 2.48 bits per heavy atom. The molecule has 1 heterocycles. The number of anilines is 1. The van der Waals surface area contributed by atoms with Crippen molar-refractivity contribution in [2.24, 2.45) is 11.8 Å². The number of benzene rings is 1. The highest BCUT2D eigenvalue weighted by Gasteiger charge is 2.29. The van der Waals surface area contributed by atoms with E-state index >= 15 is 0 Å². The maximum atomic E-state index is 12.2. The molecule has 3 N–H and O–H groups in total. The Kier molecular flexibility index (Phi) is 3.55. The van der Waals surface area contributed by atoms with E-state index < -0.39 is 5.97 Å². The van der Waals surface area contributed by atoms with Gasteiger partial charge in [-0.05, 0) is 43.9 Å². The van der Waals surface area contributed by atoms with Gasteiger partial charge in [0.25, 0.3) is 0 Å². The maximum Gasteiger partial charge on any atom is 0.306 e. The summed E-state index contributed by atoms with van der Waals surface area (Å²) in [5.41, 5.74) is 2.12. The van der Waals surface area contributed by atoms with Gasteiger partial charge in [-0.3, -0.25) is 9.59 Å². The average molecular weight is 288 g/mol. The summed E-state index contributed by atoms with van der Waals surface area (Å²) in [7, 11) is 0. The van der Waals surface area contributed by atoms with Gasteiger partial charge in [-0.2, -0.15) is 15.4 Å². The summed E-state index contributed by atoms with van der Waals surface area (Å²) in [6.45, 7) is 0. The second-order valence-electron chi connectivity index (χ2n) is 5.40. The molecule has 2 aromatic rings. The van der Waals surface area contributed by atoms with Crippen molar-refractivity contribution in [3.05, 3.63) is 18.2 Å². The van der Waals surface area contributed by atoms with Gasteiger partial charge in [0.2, 0.25) is 5.91 Å². The normalized spacial score (nSPS) is 22.1. The van der Waals surface area contributed by atoms with E-state index in [-0.39, 0.29) is 17.7 Å². The molecule has 0 radical (unpaired) electrons. The van der Waals surface area contributed by atoms with Gasteiger partial charge < -0.3 is 10.4 Å². The number of aromatic amines is 1. The molecule has 0 unspecified atom stereocenters. The third-order valence-electron chi connectivity index (χ3n) is 4.03. The minimum atomic E-state index is -0.759. The van der Waals surface area contributed by atoms with Crippen LogP contribution in [0.1, 0.15) is 25.7 Å². The number of H-pyrrole nitrogens is 1. The van der Waals surface area contributed by atoms with Crippen LogP contribution in [0.5, 0.6) is 0 Å². The lowest BCUT2D eigenvalue weighted by Crippen LogP contribution is -2.29. The van der Waals surface area contributed by atoms with Gasteiger partial charge in [0.1, 0.15) is 11.0 Å². The molecule has 0 atom stereocenters. The van der Waals surface area contributed by atoms with Gasteiger partial charge in [0.05, 0.1) is 5.92 Å². The van der Waals surface area contributed by atoms with E-state index in [0.29, 0.717) is 36.9 Å². The molecule has 110 valence electrons. The van der Waals surface area contributed by atoms with Gasteiger partial charge in [0, 0.05) is 11.6 Å². The van der Waals surface area contributed by atoms with E-state index in [1.807, 2.05) is 0 Å². The zero-order valence-corrected chi connectivity index (χ0v) is 11.4. The highest BCUT2D eigenvalue weighted by Crippen LogP contribution is 2.30. The third kappa shape index (κ3) is 2.86. The monoisotopic (exact) mass is 288 g/mol. The Bertz CT molecular complexity index is 674. The van der Waals surface area contributed by atoms with Crippen LogP contribution in [0.3, 0.4) is 0 Å². The van der Waals surface area contributed by atoms with Crippen molar-refractivity contribution in [1.82, 2.24) is 15.4 Å². The first-order valence-corrected chi connectivity index (χ1v) is 6.97. The third-order valence-corrected chi connectivity index (χ3v) is 4.03. The van der Waals surface area contributed by atoms with Crippen molar-refractivity contribution in [2.45, 2.75) is 25.7 Å². The van der Waals surface area contributed by atoms with Crippen LogP contribution < -0.4 is 5.32 Å². The maximum absolute atomic E-state index is 12.2. The Hall–Kier alpha value is -2.44. The largest absolute Gasteiger partial charge is 0.481 e. The van der Waals surface area contributed by atoms with Gasteiger partial charge in [-0.25, -0.2) is 0 Å². The summed E-state index contributed by atoms with van der Waals surface area (Å²) in [6, 6.07) is 5.33. The number of nitrogens with one attached hydrogen (secondary N) is 2. The predicted molar refractivity (Wildman–Crippen MR) is 75.6 cm³/mol. The second-order valence-corrected chi connectivity index (χ2v) is 5.40. The van der Waals surface area contributed by atoms with Gasteiger partial charge in [-0.15, -0.1) is 0 Å². The van der Waals surface area contributed by atoms with E-state index in [1.54, 1.807) is 18.2 Å². The Morgan fingerprint density at radius 2 is 1.76 bits per heavy atom. The van der Waals surface area contributed by atoms with E-state index in [1.165, 1.54) is 0 Å². The summed E-state index contributed by atoms with van der Waals surface area (Å²) in [5, 5.41) is 22.3. The van der Waals surface area contributed by atoms with Crippen LogP contribution in [0, 0.1) is 11.8 Å². The molecule has 3 rings (SSSR count). The number of carbonyl (C=O) groups is 2. The zero-order valence-electron chi connectivity index (χ0n) is 11.4. The lowest BCUT2D eigenvalue weighted by Gasteiger charge is -2.25. The van der Waals surface area contributed by atoms with Crippen LogP contribution in [-0.4, -0.2) is 32.4 Å². The summed E-state index contributed by atoms with van der Waals surface area (Å²) < 4.78 is 0. The molecule has 0 aliphatic heterocycles. The molecule has 7 heteroatoms. The summed E-state index contributed by atoms with van der Waals surface area (Å²) >= 11 is 0. The number of hydrogen-bond donors (Lipinski definition) is 3. The fraction of sp³-hybridized carbons (Fsp3) is 0.429. The molecule has 1 aliphatic carbocycles. The van der Waals surface area contributed by atoms with Crippen molar-refractivity contribution in [1.29, 1.82) is 0 Å². The molecular formula is C14H16N4O3. The van der Waals surface area contributed by atoms with Gasteiger partial charge in [-0.1, -0.05) is 0 Å². The minimum absolute atomic E-state index is 0.0540. The smallest absolute Gasteiger partial charge is 0.306 e. The predicted octanol–water partition coefficient (Wildman–Crippen LogP) is 1.79. The minimum Gasteiger partial charge on any atom is -0.481 e. The molecule has 1 aliphatic rings. The van der Waals surface area contributed by atoms with Crippen LogP contribution in [0.25, 0.3) is 11.0 Å². The fourth-order valence-electron chi connectivity index (χ4n) is 2.76. The van der Waals surface area contributed by atoms with Crippen LogP contribution in [0.2, 0.25) is 0 Å². The quantitative estimate of drug-likeness (QED) is 0.798. The van der Waals surface area contributed by atoms with Crippen molar-refractivity contribution < 1.29 is 14.7 Å². The highest BCUT2D eigenvalue weighted by atomic mass is 16.4. The number of aromatic nitrogens is 3. The first-order chi connectivity index (χ1) is 10.1. The van der Waals surface area contributed by atoms with E-state index in [9.17, 15) is 9.59 Å². The lowest BCUT2D eigenvalue weighted by atomic mass is 9.81. The van der Waals surface area contributed by atoms with Crippen molar-refractivity contribution in [3.63, 3.8) is 0 Å². The number of fused-ring (bicyclic) bond motifs is 1. The molecule has 1 aromatic carbocycles. The number of hydrogen-bond acceptors (Lipinski definition) is 4. The molecule has 7 nitrogen and oxygen atoms in total. The molecule has 21 heavy (non-hydrogen) atoms. The van der Waals surface area contributed by atoms with E-state index in [0.717, 1.165) is 5.52 Å². The standard InChI is InChI=1S/C14H16N4O3/c19-13(8-1-3-9(4-2-8)14(20)21)15-10-5-6-11-12(7-10)17-18-16-11/h5-9H,1-4H2,(H,15,19)(H,20,21)(H,16,17,18). The number of carboxylic acid groups (broad SMARTS) is 1. The summed E-state index contributed by atoms with van der Waals surface area (Å²) in [6.07, 6.45) is 2.37. The highest BCUT2D eigenvalue weighted by molar-refractivity contribution is 5.94. The van der Waals surface area contributed by atoms with Crippen molar-refractivity contribution >= 4 is 28.6 Å².